The van der Waals surface area contributed by atoms with Crippen LogP contribution in [0.2, 0.25) is 0 Å². The molecule has 1 aliphatic rings. The van der Waals surface area contributed by atoms with Crippen LogP contribution in [0.4, 0.5) is 4.39 Å². The van der Waals surface area contributed by atoms with Crippen LogP contribution in [0.5, 0.6) is 5.75 Å². The highest BCUT2D eigenvalue weighted by atomic mass is 32.2. The van der Waals surface area contributed by atoms with Crippen LogP contribution in [-0.2, 0) is 17.9 Å². The van der Waals surface area contributed by atoms with Gasteiger partial charge >= 0.3 is 0 Å². The Morgan fingerprint density at radius 2 is 1.94 bits per heavy atom. The quantitative estimate of drug-likeness (QED) is 0.480. The van der Waals surface area contributed by atoms with Gasteiger partial charge in [0.15, 0.2) is 6.61 Å². The number of amides is 1. The van der Waals surface area contributed by atoms with E-state index in [4.69, 9.17) is 9.15 Å². The van der Waals surface area contributed by atoms with Gasteiger partial charge in [0.25, 0.3) is 11.1 Å². The molecule has 1 fully saturated rings. The molecule has 0 N–H and O–H groups in total. The van der Waals surface area contributed by atoms with Gasteiger partial charge in [0.1, 0.15) is 11.6 Å². The molecule has 1 aliphatic heterocycles. The first-order valence-electron chi connectivity index (χ1n) is 10.4. The van der Waals surface area contributed by atoms with Crippen molar-refractivity contribution in [3.63, 3.8) is 0 Å². The molecule has 168 valence electrons. The molecule has 0 atom stereocenters. The van der Waals surface area contributed by atoms with Crippen molar-refractivity contribution in [3.8, 4) is 5.75 Å². The van der Waals surface area contributed by atoms with Gasteiger partial charge in [0.2, 0.25) is 5.91 Å². The van der Waals surface area contributed by atoms with Crippen LogP contribution in [0.1, 0.15) is 17.0 Å². The smallest absolute Gasteiger partial charge is 0.277 e. The maximum absolute atomic E-state index is 13.8. The Bertz CT molecular complexity index is 1050. The standard InChI is InChI=1S/C23H25FN4O3S/c1-17-5-4-7-19(13-17)30-15-21-25-26-23(31-21)32-16-22(29)28-11-9-27(10-12-28)14-18-6-2-3-8-20(18)24/h2-8,13H,9-12,14-16H2,1H3. The van der Waals surface area contributed by atoms with E-state index in [0.29, 0.717) is 49.4 Å². The number of halogens is 1. The molecule has 1 saturated heterocycles. The predicted octanol–water partition coefficient (Wildman–Crippen LogP) is 3.53. The Morgan fingerprint density at radius 3 is 2.72 bits per heavy atom. The number of ether oxygens (including phenoxy) is 1. The van der Waals surface area contributed by atoms with E-state index in [0.717, 1.165) is 11.3 Å². The lowest BCUT2D eigenvalue weighted by atomic mass is 10.2. The van der Waals surface area contributed by atoms with Crippen molar-refractivity contribution in [3.05, 3.63) is 71.4 Å². The summed E-state index contributed by atoms with van der Waals surface area (Å²) in [6.45, 7) is 5.39. The average molecular weight is 457 g/mol. The predicted molar refractivity (Wildman–Crippen MR) is 119 cm³/mol. The van der Waals surface area contributed by atoms with E-state index in [9.17, 15) is 9.18 Å². The summed E-state index contributed by atoms with van der Waals surface area (Å²) in [4.78, 5) is 16.5. The van der Waals surface area contributed by atoms with E-state index < -0.39 is 0 Å². The van der Waals surface area contributed by atoms with Crippen LogP contribution in [0.15, 0.2) is 58.2 Å². The molecule has 0 spiro atoms. The molecular formula is C23H25FN4O3S. The average Bonchev–Trinajstić information content (AvgIpc) is 3.26. The highest BCUT2D eigenvalue weighted by Gasteiger charge is 2.22. The third-order valence-corrected chi connectivity index (χ3v) is 6.00. The second kappa shape index (κ2) is 10.6. The molecule has 1 amide bonds. The summed E-state index contributed by atoms with van der Waals surface area (Å²) < 4.78 is 25.1. The molecule has 4 rings (SSSR count). The van der Waals surface area contributed by atoms with Gasteiger partial charge in [0.05, 0.1) is 5.75 Å². The van der Waals surface area contributed by atoms with Crippen molar-refractivity contribution in [2.75, 3.05) is 31.9 Å². The molecule has 7 nitrogen and oxygen atoms in total. The molecule has 2 aromatic carbocycles. The van der Waals surface area contributed by atoms with Gasteiger partial charge in [-0.25, -0.2) is 4.39 Å². The van der Waals surface area contributed by atoms with E-state index in [1.165, 1.54) is 17.8 Å². The molecule has 1 aromatic heterocycles. The van der Waals surface area contributed by atoms with Crippen molar-refractivity contribution in [1.29, 1.82) is 0 Å². The highest BCUT2D eigenvalue weighted by molar-refractivity contribution is 7.99. The summed E-state index contributed by atoms with van der Waals surface area (Å²) in [5.41, 5.74) is 1.79. The molecule has 0 bridgehead atoms. The fourth-order valence-electron chi connectivity index (χ4n) is 3.44. The van der Waals surface area contributed by atoms with Crippen LogP contribution in [-0.4, -0.2) is 57.8 Å². The van der Waals surface area contributed by atoms with Gasteiger partial charge < -0.3 is 14.1 Å². The molecule has 9 heteroatoms. The number of aromatic nitrogens is 2. The van der Waals surface area contributed by atoms with Gasteiger partial charge in [-0.3, -0.25) is 9.69 Å². The Labute approximate surface area is 190 Å². The van der Waals surface area contributed by atoms with E-state index in [1.54, 1.807) is 12.1 Å². The maximum Gasteiger partial charge on any atom is 0.277 e. The fourth-order valence-corrected chi connectivity index (χ4v) is 4.13. The number of hydrogen-bond donors (Lipinski definition) is 0. The lowest BCUT2D eigenvalue weighted by Gasteiger charge is -2.34. The number of nitrogens with zero attached hydrogens (tertiary/aromatic N) is 4. The first-order chi connectivity index (χ1) is 15.6. The topological polar surface area (TPSA) is 71.7 Å². The Hall–Kier alpha value is -2.91. The molecule has 0 saturated carbocycles. The Kier molecular flexibility index (Phi) is 7.39. The van der Waals surface area contributed by atoms with Crippen molar-refractivity contribution < 1.29 is 18.3 Å². The normalized spacial score (nSPS) is 14.5. The van der Waals surface area contributed by atoms with Crippen molar-refractivity contribution >= 4 is 17.7 Å². The van der Waals surface area contributed by atoms with Crippen molar-refractivity contribution in [2.45, 2.75) is 25.3 Å². The van der Waals surface area contributed by atoms with Crippen LogP contribution in [0.25, 0.3) is 0 Å². The lowest BCUT2D eigenvalue weighted by Crippen LogP contribution is -2.48. The summed E-state index contributed by atoms with van der Waals surface area (Å²) in [5, 5.41) is 8.31. The summed E-state index contributed by atoms with van der Waals surface area (Å²) in [6.07, 6.45) is 0. The molecule has 32 heavy (non-hydrogen) atoms. The first-order valence-corrected chi connectivity index (χ1v) is 11.4. The summed E-state index contributed by atoms with van der Waals surface area (Å²) in [5.74, 6) is 1.17. The minimum absolute atomic E-state index is 0.0244. The molecular weight excluding hydrogens is 431 g/mol. The zero-order valence-electron chi connectivity index (χ0n) is 17.9. The van der Waals surface area contributed by atoms with Crippen LogP contribution in [0.3, 0.4) is 0 Å². The van der Waals surface area contributed by atoms with E-state index in [-0.39, 0.29) is 24.1 Å². The number of carbonyl (C=O) groups is 1. The number of thioether (sulfide) groups is 1. The van der Waals surface area contributed by atoms with Gasteiger partial charge in [-0.2, -0.15) is 0 Å². The molecule has 3 aromatic rings. The number of rotatable bonds is 8. The minimum Gasteiger partial charge on any atom is -0.484 e. The van der Waals surface area contributed by atoms with Gasteiger partial charge in [-0.15, -0.1) is 10.2 Å². The minimum atomic E-state index is -0.189. The van der Waals surface area contributed by atoms with E-state index in [2.05, 4.69) is 15.1 Å². The number of benzene rings is 2. The fraction of sp³-hybridized carbons (Fsp3) is 0.348. The molecule has 0 aliphatic carbocycles. The second-order valence-corrected chi connectivity index (χ2v) is 8.53. The van der Waals surface area contributed by atoms with Crippen molar-refractivity contribution in [1.82, 2.24) is 20.0 Å². The lowest BCUT2D eigenvalue weighted by molar-refractivity contribution is -0.130. The van der Waals surface area contributed by atoms with Crippen LogP contribution < -0.4 is 4.74 Å². The second-order valence-electron chi connectivity index (χ2n) is 7.60. The third-order valence-electron chi connectivity index (χ3n) is 5.20. The van der Waals surface area contributed by atoms with E-state index in [1.807, 2.05) is 42.2 Å². The molecule has 2 heterocycles. The van der Waals surface area contributed by atoms with Crippen LogP contribution in [0, 0.1) is 12.7 Å². The molecule has 0 radical (unpaired) electrons. The van der Waals surface area contributed by atoms with Gasteiger partial charge in [-0.05, 0) is 30.7 Å². The monoisotopic (exact) mass is 456 g/mol. The van der Waals surface area contributed by atoms with Crippen molar-refractivity contribution in [2.24, 2.45) is 0 Å². The van der Waals surface area contributed by atoms with Crippen LogP contribution >= 0.6 is 11.8 Å². The summed E-state index contributed by atoms with van der Waals surface area (Å²) >= 11 is 1.22. The number of piperazine rings is 1. The summed E-state index contributed by atoms with van der Waals surface area (Å²) in [6, 6.07) is 14.5. The SMILES string of the molecule is Cc1cccc(OCc2nnc(SCC(=O)N3CCN(Cc4ccccc4F)CC3)o2)c1. The zero-order valence-corrected chi connectivity index (χ0v) is 18.7. The Balaban J connectivity index is 1.19. The Morgan fingerprint density at radius 1 is 1.12 bits per heavy atom. The van der Waals surface area contributed by atoms with E-state index >= 15 is 0 Å². The number of hydrogen-bond acceptors (Lipinski definition) is 7. The third kappa shape index (κ3) is 6.08. The van der Waals surface area contributed by atoms with Gasteiger partial charge in [0, 0.05) is 38.3 Å². The largest absolute Gasteiger partial charge is 0.484 e. The summed E-state index contributed by atoms with van der Waals surface area (Å²) in [7, 11) is 0. The number of aryl methyl sites for hydroxylation is 1. The maximum atomic E-state index is 13.8. The number of carbonyl (C=O) groups excluding carboxylic acids is 1. The highest BCUT2D eigenvalue weighted by Crippen LogP contribution is 2.19. The first kappa shape index (κ1) is 22.3. The zero-order chi connectivity index (χ0) is 22.3. The van der Waals surface area contributed by atoms with Gasteiger partial charge in [-0.1, -0.05) is 42.1 Å². The molecule has 0 unspecified atom stereocenters.